The normalized spacial score (nSPS) is 18.0. The molecule has 2 amide bonds. The third-order valence-electron chi connectivity index (χ3n) is 8.29. The molecule has 1 aromatic heterocycles. The second-order valence-corrected chi connectivity index (χ2v) is 11.1. The third kappa shape index (κ3) is 6.32. The van der Waals surface area contributed by atoms with E-state index in [-0.39, 0.29) is 11.8 Å². The fraction of sp³-hybridized carbons (Fsp3) is 0.419. The van der Waals surface area contributed by atoms with Gasteiger partial charge >= 0.3 is 6.03 Å². The number of aryl methyl sites for hydroxylation is 1. The number of anilines is 5. The van der Waals surface area contributed by atoms with Crippen LogP contribution in [0, 0.1) is 6.92 Å². The van der Waals surface area contributed by atoms with E-state index in [2.05, 4.69) is 54.6 Å². The van der Waals surface area contributed by atoms with Gasteiger partial charge in [0.2, 0.25) is 5.95 Å². The van der Waals surface area contributed by atoms with Crippen molar-refractivity contribution in [3.05, 3.63) is 65.9 Å². The van der Waals surface area contributed by atoms with Gasteiger partial charge in [-0.3, -0.25) is 9.69 Å². The molecule has 3 aliphatic rings. The number of nitrogens with zero attached hydrogens (tertiary/aromatic N) is 6. The summed E-state index contributed by atoms with van der Waals surface area (Å²) < 4.78 is 5.35. The zero-order chi connectivity index (χ0) is 29.1. The number of rotatable bonds is 7. The summed E-state index contributed by atoms with van der Waals surface area (Å²) in [6, 6.07) is 15.9. The number of carbonyl (C=O) groups is 2. The van der Waals surface area contributed by atoms with Crippen molar-refractivity contribution in [1.82, 2.24) is 19.8 Å². The minimum absolute atomic E-state index is 0.000359. The summed E-state index contributed by atoms with van der Waals surface area (Å²) in [7, 11) is 0. The van der Waals surface area contributed by atoms with Gasteiger partial charge in [0.15, 0.2) is 5.78 Å². The molecule has 42 heavy (non-hydrogen) atoms. The first-order valence-electron chi connectivity index (χ1n) is 14.6. The molecule has 2 N–H and O–H groups in total. The molecule has 0 saturated carbocycles. The summed E-state index contributed by atoms with van der Waals surface area (Å²) in [6.07, 6.45) is 1.84. The smallest absolute Gasteiger partial charge is 0.321 e. The predicted molar refractivity (Wildman–Crippen MR) is 164 cm³/mol. The predicted octanol–water partition coefficient (Wildman–Crippen LogP) is 3.61. The first-order chi connectivity index (χ1) is 20.4. The average molecular weight is 571 g/mol. The number of aromatic nitrogens is 2. The van der Waals surface area contributed by atoms with Crippen LogP contribution in [0.1, 0.15) is 22.8 Å². The van der Waals surface area contributed by atoms with Gasteiger partial charge in [-0.2, -0.15) is 4.98 Å². The highest BCUT2D eigenvalue weighted by Gasteiger charge is 2.29. The number of hydrogen-bond donors (Lipinski definition) is 2. The Morgan fingerprint density at radius 2 is 1.48 bits per heavy atom. The molecule has 3 aliphatic heterocycles. The van der Waals surface area contributed by atoms with Gasteiger partial charge in [0.05, 0.1) is 19.3 Å². The number of Topliss-reactive ketones (excluding diaryl/α,β-unsaturated/α-hetero) is 1. The number of ether oxygens (including phenoxy) is 1. The molecule has 0 bridgehead atoms. The molecule has 3 saturated heterocycles. The van der Waals surface area contributed by atoms with E-state index >= 15 is 0 Å². The summed E-state index contributed by atoms with van der Waals surface area (Å²) in [5.74, 6) is 1.42. The Bertz CT molecular complexity index is 1390. The molecule has 0 unspecified atom stereocenters. The molecule has 11 nitrogen and oxygen atoms in total. The molecule has 0 spiro atoms. The topological polar surface area (TPSA) is 106 Å². The maximum atomic E-state index is 12.8. The van der Waals surface area contributed by atoms with E-state index in [1.807, 2.05) is 13.1 Å². The summed E-state index contributed by atoms with van der Waals surface area (Å²) in [5, 5.41) is 6.29. The Hall–Kier alpha value is -4.22. The van der Waals surface area contributed by atoms with Crippen LogP contribution in [-0.2, 0) is 4.74 Å². The van der Waals surface area contributed by atoms with Crippen molar-refractivity contribution < 1.29 is 14.3 Å². The number of piperazine rings is 2. The molecule has 0 aliphatic carbocycles. The monoisotopic (exact) mass is 570 g/mol. The lowest BCUT2D eigenvalue weighted by atomic mass is 10.1. The van der Waals surface area contributed by atoms with Crippen LogP contribution >= 0.6 is 0 Å². The van der Waals surface area contributed by atoms with Gasteiger partial charge in [0.25, 0.3) is 0 Å². The second-order valence-electron chi connectivity index (χ2n) is 11.1. The van der Waals surface area contributed by atoms with Crippen LogP contribution in [0.15, 0.2) is 54.7 Å². The molecule has 11 heteroatoms. The van der Waals surface area contributed by atoms with Crippen molar-refractivity contribution in [1.29, 1.82) is 0 Å². The van der Waals surface area contributed by atoms with E-state index in [4.69, 9.17) is 9.72 Å². The van der Waals surface area contributed by atoms with E-state index in [1.54, 1.807) is 29.2 Å². The molecule has 220 valence electrons. The number of amides is 2. The van der Waals surface area contributed by atoms with Crippen LogP contribution in [0.5, 0.6) is 0 Å². The SMILES string of the molecule is CC(=O)c1ccc(NC(=O)N2CCN(c3nc(Nc4ccc(N5CCN(C6COC6)CC5)cc4)ncc3C)CC2)cc1. The Morgan fingerprint density at radius 1 is 0.833 bits per heavy atom. The van der Waals surface area contributed by atoms with E-state index in [1.165, 1.54) is 12.6 Å². The molecule has 3 aromatic rings. The molecule has 4 heterocycles. The van der Waals surface area contributed by atoms with Gasteiger partial charge in [-0.15, -0.1) is 0 Å². The van der Waals surface area contributed by atoms with Crippen LogP contribution < -0.4 is 20.4 Å². The summed E-state index contributed by atoms with van der Waals surface area (Å²) >= 11 is 0. The number of hydrogen-bond acceptors (Lipinski definition) is 9. The van der Waals surface area contributed by atoms with Gasteiger partial charge in [0, 0.05) is 86.7 Å². The van der Waals surface area contributed by atoms with Crippen molar-refractivity contribution in [2.75, 3.05) is 86.0 Å². The number of carbonyl (C=O) groups excluding carboxylic acids is 2. The largest absolute Gasteiger partial charge is 0.378 e. The Balaban J connectivity index is 1.01. The van der Waals surface area contributed by atoms with Crippen molar-refractivity contribution >= 4 is 40.6 Å². The van der Waals surface area contributed by atoms with E-state index in [9.17, 15) is 9.59 Å². The lowest BCUT2D eigenvalue weighted by Crippen LogP contribution is -2.56. The minimum atomic E-state index is -0.148. The van der Waals surface area contributed by atoms with Crippen LogP contribution in [0.2, 0.25) is 0 Å². The number of nitrogens with one attached hydrogen (secondary N) is 2. The number of urea groups is 1. The van der Waals surface area contributed by atoms with Crippen LogP contribution in [0.3, 0.4) is 0 Å². The molecular weight excluding hydrogens is 532 g/mol. The van der Waals surface area contributed by atoms with Gasteiger partial charge in [-0.05, 0) is 62.4 Å². The zero-order valence-corrected chi connectivity index (χ0v) is 24.3. The molecule has 2 aromatic carbocycles. The van der Waals surface area contributed by atoms with Crippen LogP contribution in [0.25, 0.3) is 0 Å². The van der Waals surface area contributed by atoms with Gasteiger partial charge in [0.1, 0.15) is 5.82 Å². The fourth-order valence-corrected chi connectivity index (χ4v) is 5.59. The first-order valence-corrected chi connectivity index (χ1v) is 14.6. The molecular formula is C31H38N8O3. The van der Waals surface area contributed by atoms with Crippen molar-refractivity contribution in [2.45, 2.75) is 19.9 Å². The second kappa shape index (κ2) is 12.3. The van der Waals surface area contributed by atoms with E-state index < -0.39 is 0 Å². The summed E-state index contributed by atoms with van der Waals surface area (Å²) in [4.78, 5) is 42.6. The zero-order valence-electron chi connectivity index (χ0n) is 24.3. The highest BCUT2D eigenvalue weighted by Crippen LogP contribution is 2.25. The number of benzene rings is 2. The van der Waals surface area contributed by atoms with Crippen LogP contribution in [0.4, 0.5) is 33.6 Å². The molecule has 3 fully saturated rings. The van der Waals surface area contributed by atoms with Crippen molar-refractivity contribution in [2.24, 2.45) is 0 Å². The van der Waals surface area contributed by atoms with Gasteiger partial charge in [-0.1, -0.05) is 0 Å². The standard InChI is InChI=1S/C31H38N8O3/c1-22-19-32-30(33-25-7-9-27(10-8-25)36-11-13-37(14-12-36)28-20-42-21-28)35-29(22)38-15-17-39(18-16-38)31(41)34-26-5-3-24(4-6-26)23(2)40/h3-10,19,28H,11-18,20-21H2,1-2H3,(H,34,41)(H,32,33,35). The Kier molecular flexibility index (Phi) is 8.20. The summed E-state index contributed by atoms with van der Waals surface area (Å²) in [5.41, 5.74) is 4.45. The van der Waals surface area contributed by atoms with Crippen molar-refractivity contribution in [3.8, 4) is 0 Å². The quantitative estimate of drug-likeness (QED) is 0.412. The number of ketones is 1. The lowest BCUT2D eigenvalue weighted by molar-refractivity contribution is -0.0660. The van der Waals surface area contributed by atoms with Gasteiger partial charge in [-0.25, -0.2) is 9.78 Å². The highest BCUT2D eigenvalue weighted by atomic mass is 16.5. The fourth-order valence-electron chi connectivity index (χ4n) is 5.59. The average Bonchev–Trinajstić information content (AvgIpc) is 2.98. The Morgan fingerprint density at radius 3 is 2.10 bits per heavy atom. The first kappa shape index (κ1) is 27.9. The molecule has 0 atom stereocenters. The Labute approximate surface area is 246 Å². The molecule has 0 radical (unpaired) electrons. The lowest BCUT2D eigenvalue weighted by Gasteiger charge is -2.43. The van der Waals surface area contributed by atoms with Crippen molar-refractivity contribution in [3.63, 3.8) is 0 Å². The molecule has 6 rings (SSSR count). The van der Waals surface area contributed by atoms with Crippen LogP contribution in [-0.4, -0.2) is 103 Å². The van der Waals surface area contributed by atoms with E-state index in [0.29, 0.717) is 49.4 Å². The highest BCUT2D eigenvalue weighted by molar-refractivity contribution is 5.95. The summed E-state index contributed by atoms with van der Waals surface area (Å²) in [6.45, 7) is 12.0. The van der Waals surface area contributed by atoms with Gasteiger partial charge < -0.3 is 30.1 Å². The minimum Gasteiger partial charge on any atom is -0.378 e. The van der Waals surface area contributed by atoms with E-state index in [0.717, 1.165) is 56.5 Å². The maximum absolute atomic E-state index is 12.8. The third-order valence-corrected chi connectivity index (χ3v) is 8.29. The maximum Gasteiger partial charge on any atom is 0.321 e.